The summed E-state index contributed by atoms with van der Waals surface area (Å²) in [6, 6.07) is 5.36. The van der Waals surface area contributed by atoms with E-state index in [2.05, 4.69) is 31.0 Å². The molecule has 1 saturated carbocycles. The van der Waals surface area contributed by atoms with Crippen LogP contribution in [0.15, 0.2) is 22.6 Å². The number of amides is 2. The molecule has 0 atom stereocenters. The second kappa shape index (κ2) is 9.41. The molecule has 3 aromatic rings. The number of aryl methyl sites for hydroxylation is 1. The molecule has 5 rings (SSSR count). The fraction of sp³-hybridized carbons (Fsp3) is 0.586. The zero-order chi connectivity index (χ0) is 28.3. The Labute approximate surface area is 227 Å². The van der Waals surface area contributed by atoms with Crippen molar-refractivity contribution in [2.24, 2.45) is 0 Å². The summed E-state index contributed by atoms with van der Waals surface area (Å²) in [7, 11) is 0. The van der Waals surface area contributed by atoms with Gasteiger partial charge in [-0.3, -0.25) is 14.7 Å². The van der Waals surface area contributed by atoms with Crippen molar-refractivity contribution in [1.82, 2.24) is 25.0 Å². The second-order valence-corrected chi connectivity index (χ2v) is 12.7. The summed E-state index contributed by atoms with van der Waals surface area (Å²) < 4.78 is 33.8. The maximum Gasteiger partial charge on any atom is 0.290 e. The molecule has 0 spiro atoms. The topological polar surface area (TPSA) is 95.3 Å². The number of piperazine rings is 1. The highest BCUT2D eigenvalue weighted by atomic mass is 19.3. The largest absolute Gasteiger partial charge is 0.449 e. The monoisotopic (exact) mass is 541 g/mol. The molecule has 4 heterocycles. The number of carbonyl (C=O) groups is 2. The van der Waals surface area contributed by atoms with Crippen molar-refractivity contribution in [3.8, 4) is 0 Å². The lowest BCUT2D eigenvalue weighted by Crippen LogP contribution is -2.62. The highest BCUT2D eigenvalue weighted by molar-refractivity contribution is 5.97. The molecule has 0 radical (unpaired) electrons. The van der Waals surface area contributed by atoms with Crippen LogP contribution in [0.5, 0.6) is 0 Å². The zero-order valence-electron chi connectivity index (χ0n) is 23.5. The van der Waals surface area contributed by atoms with E-state index < -0.39 is 11.5 Å². The summed E-state index contributed by atoms with van der Waals surface area (Å²) >= 11 is 0. The van der Waals surface area contributed by atoms with E-state index in [0.717, 1.165) is 17.0 Å². The third-order valence-electron chi connectivity index (χ3n) is 8.01. The molecule has 3 aromatic heterocycles. The van der Waals surface area contributed by atoms with Crippen LogP contribution in [0.4, 0.5) is 8.78 Å². The number of rotatable bonds is 3. The average molecular weight is 542 g/mol. The quantitative estimate of drug-likeness (QED) is 0.450. The standard InChI is InChI=1S/C29H37F2N5O3/c1-17-13-22(34-33-17)25(37)35-11-12-36(28(5,6)16-35)26(38)23-15-21-24(39-23)19(27(2,3)4)14-20(32-21)18-7-9-29(30,31)10-8-18/h13-15,18H,7-12,16H2,1-6H3,(H,33,34). The fourth-order valence-corrected chi connectivity index (χ4v) is 5.78. The lowest BCUT2D eigenvalue weighted by Gasteiger charge is -2.46. The number of H-pyrrole nitrogens is 1. The van der Waals surface area contributed by atoms with Crippen LogP contribution in [0.2, 0.25) is 0 Å². The highest BCUT2D eigenvalue weighted by Crippen LogP contribution is 2.42. The molecular formula is C29H37F2N5O3. The van der Waals surface area contributed by atoms with Gasteiger partial charge in [-0.25, -0.2) is 13.8 Å². The first-order chi connectivity index (χ1) is 18.1. The molecule has 0 bridgehead atoms. The van der Waals surface area contributed by atoms with Crippen molar-refractivity contribution in [1.29, 1.82) is 0 Å². The molecule has 1 aliphatic heterocycles. The summed E-state index contributed by atoms with van der Waals surface area (Å²) in [6.07, 6.45) is 0.489. The molecule has 1 N–H and O–H groups in total. The molecule has 0 unspecified atom stereocenters. The Balaban J connectivity index is 1.41. The van der Waals surface area contributed by atoms with E-state index in [4.69, 9.17) is 9.40 Å². The molecule has 1 aliphatic carbocycles. The van der Waals surface area contributed by atoms with Crippen LogP contribution in [0.25, 0.3) is 11.1 Å². The Morgan fingerprint density at radius 3 is 2.36 bits per heavy atom. The van der Waals surface area contributed by atoms with Crippen LogP contribution in [0, 0.1) is 6.92 Å². The van der Waals surface area contributed by atoms with Crippen molar-refractivity contribution < 1.29 is 22.8 Å². The smallest absolute Gasteiger partial charge is 0.290 e. The third-order valence-corrected chi connectivity index (χ3v) is 8.01. The van der Waals surface area contributed by atoms with E-state index in [1.54, 1.807) is 21.9 Å². The molecule has 0 aromatic carbocycles. The van der Waals surface area contributed by atoms with E-state index in [1.165, 1.54) is 0 Å². The van der Waals surface area contributed by atoms with Crippen LogP contribution in [-0.2, 0) is 5.41 Å². The van der Waals surface area contributed by atoms with Gasteiger partial charge in [0.2, 0.25) is 5.92 Å². The molecule has 2 amide bonds. The summed E-state index contributed by atoms with van der Waals surface area (Å²) in [4.78, 5) is 35.0. The molecule has 2 aliphatic rings. The van der Waals surface area contributed by atoms with E-state index in [0.29, 0.717) is 49.3 Å². The molecule has 39 heavy (non-hydrogen) atoms. The first-order valence-electron chi connectivity index (χ1n) is 13.6. The molecule has 8 nitrogen and oxygen atoms in total. The summed E-state index contributed by atoms with van der Waals surface area (Å²) in [5.74, 6) is -2.91. The number of nitrogens with zero attached hydrogens (tertiary/aromatic N) is 4. The van der Waals surface area contributed by atoms with Gasteiger partial charge in [0, 0.05) is 61.4 Å². The van der Waals surface area contributed by atoms with Crippen LogP contribution in [-0.4, -0.2) is 67.9 Å². The van der Waals surface area contributed by atoms with Gasteiger partial charge in [-0.2, -0.15) is 5.10 Å². The van der Waals surface area contributed by atoms with E-state index in [1.807, 2.05) is 26.8 Å². The number of nitrogens with one attached hydrogen (secondary N) is 1. The second-order valence-electron chi connectivity index (χ2n) is 12.7. The first-order valence-corrected chi connectivity index (χ1v) is 13.6. The van der Waals surface area contributed by atoms with Crippen molar-refractivity contribution in [3.05, 3.63) is 46.6 Å². The number of hydrogen-bond donors (Lipinski definition) is 1. The Morgan fingerprint density at radius 1 is 1.08 bits per heavy atom. The molecule has 1 saturated heterocycles. The fourth-order valence-electron chi connectivity index (χ4n) is 5.78. The van der Waals surface area contributed by atoms with Crippen LogP contribution >= 0.6 is 0 Å². The molecule has 210 valence electrons. The van der Waals surface area contributed by atoms with Crippen LogP contribution in [0.1, 0.15) is 104 Å². The van der Waals surface area contributed by atoms with Crippen molar-refractivity contribution in [2.75, 3.05) is 19.6 Å². The average Bonchev–Trinajstić information content (AvgIpc) is 3.47. The van der Waals surface area contributed by atoms with Gasteiger partial charge in [0.1, 0.15) is 11.2 Å². The Kier molecular flexibility index (Phi) is 6.58. The van der Waals surface area contributed by atoms with Crippen molar-refractivity contribution in [3.63, 3.8) is 0 Å². The predicted molar refractivity (Wildman–Crippen MR) is 143 cm³/mol. The van der Waals surface area contributed by atoms with Gasteiger partial charge in [0.05, 0.1) is 5.54 Å². The number of alkyl halides is 2. The normalized spacial score (nSPS) is 20.0. The number of aromatic nitrogens is 3. The van der Waals surface area contributed by atoms with Gasteiger partial charge in [0.15, 0.2) is 11.3 Å². The van der Waals surface area contributed by atoms with Crippen molar-refractivity contribution in [2.45, 2.75) is 90.0 Å². The summed E-state index contributed by atoms with van der Waals surface area (Å²) in [5.41, 5.74) is 3.03. The minimum atomic E-state index is -2.61. The molecular weight excluding hydrogens is 504 g/mol. The van der Waals surface area contributed by atoms with Gasteiger partial charge in [-0.15, -0.1) is 0 Å². The maximum atomic E-state index is 13.8. The Hall–Kier alpha value is -3.30. The maximum absolute atomic E-state index is 13.8. The van der Waals surface area contributed by atoms with Gasteiger partial charge >= 0.3 is 0 Å². The number of halogens is 2. The molecule has 2 fully saturated rings. The van der Waals surface area contributed by atoms with E-state index in [-0.39, 0.29) is 41.7 Å². The van der Waals surface area contributed by atoms with E-state index >= 15 is 0 Å². The third kappa shape index (κ3) is 5.30. The van der Waals surface area contributed by atoms with Gasteiger partial charge < -0.3 is 14.2 Å². The SMILES string of the molecule is Cc1cc(C(=O)N2CCN(C(=O)c3cc4nc(C5CCC(F)(F)CC5)cc(C(C)(C)C)c4o3)C(C)(C)C2)n[nH]1. The van der Waals surface area contributed by atoms with Crippen LogP contribution < -0.4 is 0 Å². The van der Waals surface area contributed by atoms with Crippen LogP contribution in [0.3, 0.4) is 0 Å². The number of aromatic amines is 1. The van der Waals surface area contributed by atoms with Gasteiger partial charge in [-0.1, -0.05) is 20.8 Å². The predicted octanol–water partition coefficient (Wildman–Crippen LogP) is 5.83. The highest BCUT2D eigenvalue weighted by Gasteiger charge is 2.41. The first kappa shape index (κ1) is 27.3. The van der Waals surface area contributed by atoms with Crippen molar-refractivity contribution >= 4 is 22.9 Å². The lowest BCUT2D eigenvalue weighted by molar-refractivity contribution is -0.0384. The Morgan fingerprint density at radius 2 is 1.77 bits per heavy atom. The number of fused-ring (bicyclic) bond motifs is 1. The Bertz CT molecular complexity index is 1410. The number of furan rings is 1. The van der Waals surface area contributed by atoms with E-state index in [9.17, 15) is 18.4 Å². The number of carbonyl (C=O) groups excluding carboxylic acids is 2. The minimum Gasteiger partial charge on any atom is -0.449 e. The summed E-state index contributed by atoms with van der Waals surface area (Å²) in [5, 5.41) is 6.88. The molecule has 10 heteroatoms. The summed E-state index contributed by atoms with van der Waals surface area (Å²) in [6.45, 7) is 13.0. The number of pyridine rings is 1. The zero-order valence-corrected chi connectivity index (χ0v) is 23.5. The lowest BCUT2D eigenvalue weighted by atomic mass is 9.81. The van der Waals surface area contributed by atoms with Gasteiger partial charge in [0.25, 0.3) is 11.8 Å². The van der Waals surface area contributed by atoms with Gasteiger partial charge in [-0.05, 0) is 51.2 Å². The number of hydrogen-bond acceptors (Lipinski definition) is 5. The minimum absolute atomic E-state index is 0.0490.